The number of ether oxygens (including phenoxy) is 2. The van der Waals surface area contributed by atoms with Gasteiger partial charge in [0.1, 0.15) is 0 Å². The van der Waals surface area contributed by atoms with Crippen LogP contribution in [0.4, 0.5) is 0 Å². The summed E-state index contributed by atoms with van der Waals surface area (Å²) in [6.45, 7) is 6.96. The van der Waals surface area contributed by atoms with Crippen molar-refractivity contribution in [2.45, 2.75) is 31.9 Å². The van der Waals surface area contributed by atoms with Crippen LogP contribution in [0, 0.1) is 0 Å². The minimum Gasteiger partial charge on any atom is -0.383 e. The van der Waals surface area contributed by atoms with Gasteiger partial charge in [-0.2, -0.15) is 0 Å². The Morgan fingerprint density at radius 1 is 1.38 bits per heavy atom. The number of hydrogen-bond acceptors (Lipinski definition) is 4. The van der Waals surface area contributed by atoms with Gasteiger partial charge in [0.15, 0.2) is 0 Å². The average Bonchev–Trinajstić information content (AvgIpc) is 2.30. The number of nitrogens with one attached hydrogen (secondary N) is 1. The Morgan fingerprint density at radius 3 is 2.69 bits per heavy atom. The zero-order chi connectivity index (χ0) is 11.8. The highest BCUT2D eigenvalue weighted by Crippen LogP contribution is 2.07. The molecule has 1 saturated heterocycles. The Balaban J connectivity index is 2.04. The smallest absolute Gasteiger partial charge is 0.0615 e. The van der Waals surface area contributed by atoms with Crippen LogP contribution in [0.3, 0.4) is 0 Å². The predicted molar refractivity (Wildman–Crippen MR) is 65.8 cm³/mol. The molecule has 0 spiro atoms. The molecule has 0 radical (unpaired) electrons. The lowest BCUT2D eigenvalue weighted by atomic mass is 10.1. The van der Waals surface area contributed by atoms with E-state index < -0.39 is 0 Å². The normalized spacial score (nSPS) is 20.2. The van der Waals surface area contributed by atoms with Crippen molar-refractivity contribution in [2.24, 2.45) is 0 Å². The second-order valence-corrected chi connectivity index (χ2v) is 4.61. The van der Waals surface area contributed by atoms with Crippen LogP contribution >= 0.6 is 0 Å². The van der Waals surface area contributed by atoms with Crippen LogP contribution < -0.4 is 5.32 Å². The first-order valence-corrected chi connectivity index (χ1v) is 6.25. The molecule has 1 rings (SSSR count). The molecule has 0 bridgehead atoms. The van der Waals surface area contributed by atoms with Gasteiger partial charge in [0.05, 0.1) is 19.3 Å². The van der Waals surface area contributed by atoms with Crippen LogP contribution in [0.2, 0.25) is 0 Å². The Morgan fingerprint density at radius 2 is 2.06 bits per heavy atom. The van der Waals surface area contributed by atoms with Crippen molar-refractivity contribution in [1.29, 1.82) is 0 Å². The van der Waals surface area contributed by atoms with E-state index in [1.54, 1.807) is 7.11 Å². The highest BCUT2D eigenvalue weighted by molar-refractivity contribution is 4.69. The molecular formula is C12H26N2O2. The highest BCUT2D eigenvalue weighted by Gasteiger charge is 2.14. The number of piperidine rings is 1. The molecule has 1 atom stereocenters. The van der Waals surface area contributed by atoms with Gasteiger partial charge in [0.2, 0.25) is 0 Å². The zero-order valence-electron chi connectivity index (χ0n) is 10.9. The van der Waals surface area contributed by atoms with E-state index in [1.807, 2.05) is 0 Å². The van der Waals surface area contributed by atoms with E-state index in [4.69, 9.17) is 9.47 Å². The first-order valence-electron chi connectivity index (χ1n) is 6.25. The maximum Gasteiger partial charge on any atom is 0.0615 e. The minimum absolute atomic E-state index is 0.460. The summed E-state index contributed by atoms with van der Waals surface area (Å²) in [5.41, 5.74) is 0. The molecule has 1 N–H and O–H groups in total. The molecule has 0 aliphatic carbocycles. The molecule has 0 aromatic carbocycles. The minimum atomic E-state index is 0.460. The van der Waals surface area contributed by atoms with Crippen molar-refractivity contribution < 1.29 is 9.47 Å². The van der Waals surface area contributed by atoms with Crippen LogP contribution in [0.5, 0.6) is 0 Å². The van der Waals surface area contributed by atoms with Crippen LogP contribution in [-0.2, 0) is 9.47 Å². The summed E-state index contributed by atoms with van der Waals surface area (Å²) < 4.78 is 11.0. The van der Waals surface area contributed by atoms with Gasteiger partial charge in [-0.05, 0) is 39.9 Å². The predicted octanol–water partition coefficient (Wildman–Crippen LogP) is 0.722. The van der Waals surface area contributed by atoms with E-state index in [-0.39, 0.29) is 0 Å². The van der Waals surface area contributed by atoms with E-state index in [9.17, 15) is 0 Å². The lowest BCUT2D eigenvalue weighted by Gasteiger charge is -2.27. The van der Waals surface area contributed by atoms with Crippen LogP contribution in [0.25, 0.3) is 0 Å². The number of hydrogen-bond donors (Lipinski definition) is 1. The molecule has 16 heavy (non-hydrogen) atoms. The van der Waals surface area contributed by atoms with Gasteiger partial charge < -0.3 is 14.8 Å². The Kier molecular flexibility index (Phi) is 6.96. The summed E-state index contributed by atoms with van der Waals surface area (Å²) in [6, 6.07) is 0.460. The van der Waals surface area contributed by atoms with E-state index in [2.05, 4.69) is 24.2 Å². The van der Waals surface area contributed by atoms with Gasteiger partial charge in [-0.3, -0.25) is 4.90 Å². The fraction of sp³-hybridized carbons (Fsp3) is 1.00. The lowest BCUT2D eigenvalue weighted by Crippen LogP contribution is -2.37. The topological polar surface area (TPSA) is 33.7 Å². The average molecular weight is 230 g/mol. The van der Waals surface area contributed by atoms with Crippen molar-refractivity contribution >= 4 is 0 Å². The molecule has 1 fully saturated rings. The molecular weight excluding hydrogens is 204 g/mol. The fourth-order valence-electron chi connectivity index (χ4n) is 1.91. The van der Waals surface area contributed by atoms with Crippen LogP contribution in [-0.4, -0.2) is 64.1 Å². The van der Waals surface area contributed by atoms with Crippen molar-refractivity contribution in [1.82, 2.24) is 10.2 Å². The third kappa shape index (κ3) is 5.25. The molecule has 96 valence electrons. The quantitative estimate of drug-likeness (QED) is 0.699. The maximum atomic E-state index is 5.86. The maximum absolute atomic E-state index is 5.86. The second kappa shape index (κ2) is 8.01. The zero-order valence-corrected chi connectivity index (χ0v) is 10.9. The van der Waals surface area contributed by atoms with E-state index in [0.29, 0.717) is 12.1 Å². The Labute approximate surface area is 99.3 Å². The number of nitrogens with zero attached hydrogens (tertiary/aromatic N) is 1. The third-order valence-corrected chi connectivity index (χ3v) is 3.24. The molecule has 1 aliphatic rings. The summed E-state index contributed by atoms with van der Waals surface area (Å²) in [5.74, 6) is 0. The monoisotopic (exact) mass is 230 g/mol. The molecule has 0 aromatic rings. The number of methoxy groups -OCH3 is 1. The largest absolute Gasteiger partial charge is 0.383 e. The Bertz CT molecular complexity index is 172. The van der Waals surface area contributed by atoms with Gasteiger partial charge in [-0.15, -0.1) is 0 Å². The lowest BCUT2D eigenvalue weighted by molar-refractivity contribution is 0.0135. The molecule has 0 saturated carbocycles. The molecule has 4 heteroatoms. The van der Waals surface area contributed by atoms with Crippen molar-refractivity contribution in [3.8, 4) is 0 Å². The van der Waals surface area contributed by atoms with Crippen molar-refractivity contribution in [3.05, 3.63) is 0 Å². The molecule has 1 aliphatic heterocycles. The summed E-state index contributed by atoms with van der Waals surface area (Å²) in [6.07, 6.45) is 2.77. The molecule has 1 unspecified atom stereocenters. The van der Waals surface area contributed by atoms with Crippen LogP contribution in [0.1, 0.15) is 19.8 Å². The molecule has 0 amide bonds. The third-order valence-electron chi connectivity index (χ3n) is 3.24. The summed E-state index contributed by atoms with van der Waals surface area (Å²) in [7, 11) is 3.87. The first-order chi connectivity index (χ1) is 7.74. The molecule has 4 nitrogen and oxygen atoms in total. The van der Waals surface area contributed by atoms with E-state index in [0.717, 1.165) is 45.7 Å². The van der Waals surface area contributed by atoms with Crippen molar-refractivity contribution in [2.75, 3.05) is 47.0 Å². The van der Waals surface area contributed by atoms with E-state index >= 15 is 0 Å². The highest BCUT2D eigenvalue weighted by atomic mass is 16.5. The van der Waals surface area contributed by atoms with Gasteiger partial charge in [-0.25, -0.2) is 0 Å². The summed E-state index contributed by atoms with van der Waals surface area (Å²) in [5, 5.41) is 3.34. The standard InChI is InChI=1S/C12H26N2O2/c1-11(10-15-3)14(2)8-9-16-12-4-6-13-7-5-12/h11-13H,4-10H2,1-3H3. The van der Waals surface area contributed by atoms with Gasteiger partial charge >= 0.3 is 0 Å². The SMILES string of the molecule is COCC(C)N(C)CCOC1CCNCC1. The van der Waals surface area contributed by atoms with Crippen molar-refractivity contribution in [3.63, 3.8) is 0 Å². The van der Waals surface area contributed by atoms with Gasteiger partial charge in [0, 0.05) is 19.7 Å². The van der Waals surface area contributed by atoms with E-state index in [1.165, 1.54) is 0 Å². The van der Waals surface area contributed by atoms with Crippen LogP contribution in [0.15, 0.2) is 0 Å². The summed E-state index contributed by atoms with van der Waals surface area (Å²) >= 11 is 0. The van der Waals surface area contributed by atoms with Gasteiger partial charge in [0.25, 0.3) is 0 Å². The Hall–Kier alpha value is -0.160. The summed E-state index contributed by atoms with van der Waals surface area (Å²) in [4.78, 5) is 2.28. The second-order valence-electron chi connectivity index (χ2n) is 4.61. The first kappa shape index (κ1) is 13.9. The molecule has 1 heterocycles. The molecule has 0 aromatic heterocycles. The number of rotatable bonds is 7. The number of likely N-dealkylation sites (N-methyl/N-ethyl adjacent to an activating group) is 1. The van der Waals surface area contributed by atoms with Gasteiger partial charge in [-0.1, -0.05) is 0 Å². The fourth-order valence-corrected chi connectivity index (χ4v) is 1.91.